The van der Waals surface area contributed by atoms with Gasteiger partial charge in [0.05, 0.1) is 19.6 Å². The molecule has 1 aromatic carbocycles. The Morgan fingerprint density at radius 1 is 1.04 bits per heavy atom. The van der Waals surface area contributed by atoms with Crippen LogP contribution >= 0.6 is 11.6 Å². The van der Waals surface area contributed by atoms with E-state index in [9.17, 15) is 0 Å². The van der Waals surface area contributed by atoms with E-state index in [1.807, 2.05) is 24.3 Å². The first kappa shape index (κ1) is 19.9. The summed E-state index contributed by atoms with van der Waals surface area (Å²) in [5.41, 5.74) is 2.13. The molecule has 1 aromatic heterocycles. The zero-order valence-electron chi connectivity index (χ0n) is 17.1. The third kappa shape index (κ3) is 4.79. The predicted octanol–water partition coefficient (Wildman–Crippen LogP) is 5.29. The van der Waals surface area contributed by atoms with Crippen molar-refractivity contribution in [1.82, 2.24) is 9.88 Å². The Balaban J connectivity index is 1.46. The number of rotatable bonds is 7. The van der Waals surface area contributed by atoms with Crippen LogP contribution in [0.1, 0.15) is 50.0 Å². The van der Waals surface area contributed by atoms with Gasteiger partial charge in [-0.15, -0.1) is 0 Å². The summed E-state index contributed by atoms with van der Waals surface area (Å²) in [5.74, 6) is 1.68. The Kier molecular flexibility index (Phi) is 6.39. The standard InChI is InChI=1S/C23H33ClN3O/c1-19-22(25-23(28-19)20-8-10-21(24)11-9-20)18-27(15-5-2-6-16-27)17-7-14-26-12-3-4-13-26/h8-11H,2-7,12-18H2,1H3/q+1. The van der Waals surface area contributed by atoms with Crippen LogP contribution in [-0.2, 0) is 6.54 Å². The van der Waals surface area contributed by atoms with Crippen LogP contribution in [0.4, 0.5) is 0 Å². The van der Waals surface area contributed by atoms with Crippen molar-refractivity contribution in [2.24, 2.45) is 0 Å². The maximum Gasteiger partial charge on any atom is 0.226 e. The monoisotopic (exact) mass is 402 g/mol. The van der Waals surface area contributed by atoms with Crippen molar-refractivity contribution in [3.8, 4) is 11.5 Å². The number of piperidine rings is 1. The largest absolute Gasteiger partial charge is 0.441 e. The van der Waals surface area contributed by atoms with E-state index in [2.05, 4.69) is 11.8 Å². The summed E-state index contributed by atoms with van der Waals surface area (Å²) in [6, 6.07) is 7.76. The van der Waals surface area contributed by atoms with Gasteiger partial charge >= 0.3 is 0 Å². The Labute approximate surface area is 174 Å². The number of halogens is 1. The zero-order valence-corrected chi connectivity index (χ0v) is 17.9. The Bertz CT molecular complexity index is 759. The minimum absolute atomic E-state index is 0.719. The fourth-order valence-corrected chi connectivity index (χ4v) is 5.01. The second-order valence-electron chi connectivity index (χ2n) is 8.66. The van der Waals surface area contributed by atoms with Crippen molar-refractivity contribution in [2.75, 3.05) is 39.3 Å². The van der Waals surface area contributed by atoms with Gasteiger partial charge in [0.2, 0.25) is 5.89 Å². The zero-order chi connectivity index (χ0) is 19.4. The molecule has 0 atom stereocenters. The number of hydrogen-bond donors (Lipinski definition) is 0. The lowest BCUT2D eigenvalue weighted by atomic mass is 10.1. The summed E-state index contributed by atoms with van der Waals surface area (Å²) in [5, 5.41) is 0.739. The molecular weight excluding hydrogens is 370 g/mol. The third-order valence-electron chi connectivity index (χ3n) is 6.54. The summed E-state index contributed by atoms with van der Waals surface area (Å²) in [6.07, 6.45) is 8.10. The van der Waals surface area contributed by atoms with Crippen LogP contribution in [0.2, 0.25) is 5.02 Å². The van der Waals surface area contributed by atoms with Crippen LogP contribution in [0.3, 0.4) is 0 Å². The molecule has 2 aromatic rings. The lowest BCUT2D eigenvalue weighted by Crippen LogP contribution is -2.52. The molecule has 2 saturated heterocycles. The van der Waals surface area contributed by atoms with Crippen molar-refractivity contribution in [3.63, 3.8) is 0 Å². The summed E-state index contributed by atoms with van der Waals surface area (Å²) in [7, 11) is 0. The Hall–Kier alpha value is -1.36. The summed E-state index contributed by atoms with van der Waals surface area (Å²) >= 11 is 6.02. The molecule has 0 bridgehead atoms. The van der Waals surface area contributed by atoms with E-state index in [1.165, 1.54) is 82.3 Å². The van der Waals surface area contributed by atoms with Crippen LogP contribution < -0.4 is 0 Å². The number of benzene rings is 1. The topological polar surface area (TPSA) is 29.3 Å². The number of aryl methyl sites for hydroxylation is 1. The SMILES string of the molecule is Cc1oc(-c2ccc(Cl)cc2)nc1C[N+]1(CCCN2CCCC2)CCCCC1. The maximum atomic E-state index is 6.04. The molecule has 0 unspecified atom stereocenters. The molecule has 4 nitrogen and oxygen atoms in total. The normalized spacial score (nSPS) is 19.9. The summed E-state index contributed by atoms with van der Waals surface area (Å²) < 4.78 is 7.22. The molecular formula is C23H33ClN3O+. The molecule has 5 heteroatoms. The number of oxazole rings is 1. The number of likely N-dealkylation sites (tertiary alicyclic amines) is 2. The summed E-state index contributed by atoms with van der Waals surface area (Å²) in [6.45, 7) is 10.7. The van der Waals surface area contributed by atoms with E-state index in [-0.39, 0.29) is 0 Å². The van der Waals surface area contributed by atoms with Crippen molar-refractivity contribution in [2.45, 2.75) is 52.0 Å². The predicted molar refractivity (Wildman–Crippen MR) is 114 cm³/mol. The molecule has 0 spiro atoms. The lowest BCUT2D eigenvalue weighted by molar-refractivity contribution is -0.945. The quantitative estimate of drug-likeness (QED) is 0.589. The van der Waals surface area contributed by atoms with E-state index in [0.717, 1.165) is 34.5 Å². The van der Waals surface area contributed by atoms with Gasteiger partial charge in [0.1, 0.15) is 18.0 Å². The molecule has 0 aliphatic carbocycles. The van der Waals surface area contributed by atoms with Crippen LogP contribution in [0, 0.1) is 6.92 Å². The lowest BCUT2D eigenvalue weighted by Gasteiger charge is -2.41. The van der Waals surface area contributed by atoms with Crippen LogP contribution in [0.25, 0.3) is 11.5 Å². The second-order valence-corrected chi connectivity index (χ2v) is 9.10. The van der Waals surface area contributed by atoms with Gasteiger partial charge in [-0.25, -0.2) is 4.98 Å². The highest BCUT2D eigenvalue weighted by atomic mass is 35.5. The molecule has 2 aliphatic rings. The maximum absolute atomic E-state index is 6.04. The smallest absolute Gasteiger partial charge is 0.226 e. The first-order chi connectivity index (χ1) is 13.6. The first-order valence-corrected chi connectivity index (χ1v) is 11.3. The van der Waals surface area contributed by atoms with Gasteiger partial charge in [0.25, 0.3) is 0 Å². The average Bonchev–Trinajstić information content (AvgIpc) is 3.33. The molecule has 2 fully saturated rings. The molecule has 3 heterocycles. The van der Waals surface area contributed by atoms with Gasteiger partial charge in [0.15, 0.2) is 0 Å². The number of hydrogen-bond acceptors (Lipinski definition) is 3. The molecule has 152 valence electrons. The van der Waals surface area contributed by atoms with Crippen molar-refractivity contribution >= 4 is 11.6 Å². The minimum Gasteiger partial charge on any atom is -0.441 e. The molecule has 28 heavy (non-hydrogen) atoms. The number of aromatic nitrogens is 1. The fraction of sp³-hybridized carbons (Fsp3) is 0.609. The summed E-state index contributed by atoms with van der Waals surface area (Å²) in [4.78, 5) is 7.54. The van der Waals surface area contributed by atoms with E-state index in [0.29, 0.717) is 0 Å². The van der Waals surface area contributed by atoms with Crippen LogP contribution in [0.15, 0.2) is 28.7 Å². The fourth-order valence-electron chi connectivity index (χ4n) is 4.89. The minimum atomic E-state index is 0.719. The Morgan fingerprint density at radius 3 is 2.46 bits per heavy atom. The van der Waals surface area contributed by atoms with Crippen molar-refractivity contribution in [3.05, 3.63) is 40.7 Å². The van der Waals surface area contributed by atoms with Crippen LogP contribution in [-0.4, -0.2) is 53.6 Å². The molecule has 4 rings (SSSR count). The molecule has 0 saturated carbocycles. The van der Waals surface area contributed by atoms with Crippen molar-refractivity contribution in [1.29, 1.82) is 0 Å². The van der Waals surface area contributed by atoms with E-state index in [4.69, 9.17) is 21.0 Å². The highest BCUT2D eigenvalue weighted by Crippen LogP contribution is 2.28. The molecule has 2 aliphatic heterocycles. The van der Waals surface area contributed by atoms with Gasteiger partial charge in [0, 0.05) is 23.6 Å². The van der Waals surface area contributed by atoms with Gasteiger partial charge in [-0.3, -0.25) is 0 Å². The second kappa shape index (κ2) is 8.98. The van der Waals surface area contributed by atoms with Gasteiger partial charge < -0.3 is 13.8 Å². The molecule has 0 N–H and O–H groups in total. The van der Waals surface area contributed by atoms with E-state index in [1.54, 1.807) is 0 Å². The van der Waals surface area contributed by atoms with E-state index < -0.39 is 0 Å². The van der Waals surface area contributed by atoms with Crippen LogP contribution in [0.5, 0.6) is 0 Å². The number of quaternary nitrogens is 1. The van der Waals surface area contributed by atoms with Gasteiger partial charge in [-0.2, -0.15) is 0 Å². The van der Waals surface area contributed by atoms with Crippen molar-refractivity contribution < 1.29 is 8.90 Å². The average molecular weight is 403 g/mol. The molecule has 0 amide bonds. The Morgan fingerprint density at radius 2 is 1.75 bits per heavy atom. The highest BCUT2D eigenvalue weighted by Gasteiger charge is 2.32. The highest BCUT2D eigenvalue weighted by molar-refractivity contribution is 6.30. The number of nitrogens with zero attached hydrogens (tertiary/aromatic N) is 3. The van der Waals surface area contributed by atoms with Gasteiger partial charge in [-0.05, 0) is 76.4 Å². The third-order valence-corrected chi connectivity index (χ3v) is 6.79. The van der Waals surface area contributed by atoms with E-state index >= 15 is 0 Å². The first-order valence-electron chi connectivity index (χ1n) is 10.9. The molecule has 0 radical (unpaired) electrons. The van der Waals surface area contributed by atoms with Gasteiger partial charge in [-0.1, -0.05) is 11.6 Å².